The summed E-state index contributed by atoms with van der Waals surface area (Å²) in [6.45, 7) is 2.92. The van der Waals surface area contributed by atoms with Crippen molar-refractivity contribution in [2.75, 3.05) is 13.1 Å². The zero-order valence-electron chi connectivity index (χ0n) is 17.0. The number of pyridine rings is 1. The van der Waals surface area contributed by atoms with Crippen LogP contribution in [-0.4, -0.2) is 38.2 Å². The standard InChI is InChI=1S/C24H26N4O2/c29-23(8-4-10-27-11-5-9-25-27)26-15-18-12-21(17-26)22-13-20(14-24(30)28(22)16-18)19-6-2-1-3-7-19/h1-3,5-7,9,11,13-14,18,21H,4,8,10,12,15-17H2/t18-,21+/m0/s1. The van der Waals surface area contributed by atoms with E-state index < -0.39 is 0 Å². The number of carbonyl (C=O) groups is 1. The summed E-state index contributed by atoms with van der Waals surface area (Å²) in [5, 5.41) is 4.20. The van der Waals surface area contributed by atoms with Crippen molar-refractivity contribution in [2.45, 2.75) is 38.3 Å². The maximum absolute atomic E-state index is 12.9. The van der Waals surface area contributed by atoms with E-state index >= 15 is 0 Å². The molecule has 1 fully saturated rings. The van der Waals surface area contributed by atoms with Gasteiger partial charge in [0.1, 0.15) is 0 Å². The highest BCUT2D eigenvalue weighted by molar-refractivity contribution is 5.76. The molecule has 0 N–H and O–H groups in total. The van der Waals surface area contributed by atoms with Gasteiger partial charge in [-0.1, -0.05) is 30.3 Å². The lowest BCUT2D eigenvalue weighted by Crippen LogP contribution is -2.49. The molecule has 0 spiro atoms. The molecule has 2 aromatic heterocycles. The molecule has 0 unspecified atom stereocenters. The van der Waals surface area contributed by atoms with Crippen LogP contribution in [-0.2, 0) is 17.9 Å². The molecule has 2 aliphatic heterocycles. The third-order valence-corrected chi connectivity index (χ3v) is 6.35. The third kappa shape index (κ3) is 3.70. The van der Waals surface area contributed by atoms with Gasteiger partial charge in [-0.15, -0.1) is 0 Å². The molecule has 3 aromatic rings. The Hall–Kier alpha value is -3.15. The third-order valence-electron chi connectivity index (χ3n) is 6.35. The molecule has 0 radical (unpaired) electrons. The first-order valence-corrected chi connectivity index (χ1v) is 10.7. The van der Waals surface area contributed by atoms with Crippen LogP contribution >= 0.6 is 0 Å². The Balaban J connectivity index is 1.33. The van der Waals surface area contributed by atoms with Gasteiger partial charge in [-0.05, 0) is 42.0 Å². The molecule has 6 heteroatoms. The van der Waals surface area contributed by atoms with Crippen LogP contribution < -0.4 is 5.56 Å². The van der Waals surface area contributed by atoms with Gasteiger partial charge in [-0.2, -0.15) is 5.10 Å². The van der Waals surface area contributed by atoms with Crippen LogP contribution in [0.3, 0.4) is 0 Å². The lowest BCUT2D eigenvalue weighted by Gasteiger charge is -2.43. The summed E-state index contributed by atoms with van der Waals surface area (Å²) in [5.41, 5.74) is 3.17. The van der Waals surface area contributed by atoms with Crippen LogP contribution in [0.1, 0.15) is 30.9 Å². The van der Waals surface area contributed by atoms with E-state index in [9.17, 15) is 9.59 Å². The van der Waals surface area contributed by atoms with Gasteiger partial charge in [-0.25, -0.2) is 0 Å². The van der Waals surface area contributed by atoms with Crippen molar-refractivity contribution >= 4 is 5.91 Å². The number of carbonyl (C=O) groups excluding carboxylic acids is 1. The maximum atomic E-state index is 12.9. The Morgan fingerprint density at radius 1 is 1.03 bits per heavy atom. The number of piperidine rings is 1. The lowest BCUT2D eigenvalue weighted by atomic mass is 9.82. The minimum Gasteiger partial charge on any atom is -0.342 e. The molecule has 1 saturated heterocycles. The molecule has 2 bridgehead atoms. The van der Waals surface area contributed by atoms with Gasteiger partial charge < -0.3 is 9.47 Å². The Morgan fingerprint density at radius 3 is 2.70 bits per heavy atom. The van der Waals surface area contributed by atoms with Crippen LogP contribution in [0.5, 0.6) is 0 Å². The second kappa shape index (κ2) is 7.94. The van der Waals surface area contributed by atoms with Crippen molar-refractivity contribution in [1.82, 2.24) is 19.2 Å². The molecule has 30 heavy (non-hydrogen) atoms. The second-order valence-corrected chi connectivity index (χ2v) is 8.45. The lowest BCUT2D eigenvalue weighted by molar-refractivity contribution is -0.134. The molecular weight excluding hydrogens is 376 g/mol. The Labute approximate surface area is 175 Å². The molecule has 0 aliphatic carbocycles. The number of hydrogen-bond acceptors (Lipinski definition) is 3. The largest absolute Gasteiger partial charge is 0.342 e. The predicted octanol–water partition coefficient (Wildman–Crippen LogP) is 3.14. The number of fused-ring (bicyclic) bond motifs is 4. The molecule has 1 aromatic carbocycles. The van der Waals surface area contributed by atoms with Crippen LogP contribution in [0.15, 0.2) is 65.7 Å². The van der Waals surface area contributed by atoms with Crippen LogP contribution in [0.2, 0.25) is 0 Å². The SMILES string of the molecule is O=C(CCCn1cccn1)N1C[C@@H]2C[C@H](C1)c1cc(-c3ccccc3)cc(=O)n1C2. The molecule has 6 nitrogen and oxygen atoms in total. The molecule has 0 saturated carbocycles. The summed E-state index contributed by atoms with van der Waals surface area (Å²) in [6.07, 6.45) is 6.07. The van der Waals surface area contributed by atoms with Crippen molar-refractivity contribution in [3.63, 3.8) is 0 Å². The van der Waals surface area contributed by atoms with E-state index in [1.807, 2.05) is 56.7 Å². The molecule has 1 amide bonds. The first kappa shape index (κ1) is 18.9. The van der Waals surface area contributed by atoms with E-state index in [-0.39, 0.29) is 17.4 Å². The number of rotatable bonds is 5. The van der Waals surface area contributed by atoms with Crippen molar-refractivity contribution in [3.8, 4) is 11.1 Å². The topological polar surface area (TPSA) is 60.1 Å². The van der Waals surface area contributed by atoms with Gasteiger partial charge in [0.15, 0.2) is 0 Å². The highest BCUT2D eigenvalue weighted by Crippen LogP contribution is 2.36. The van der Waals surface area contributed by atoms with Gasteiger partial charge in [0.05, 0.1) is 0 Å². The van der Waals surface area contributed by atoms with Crippen molar-refractivity contribution in [2.24, 2.45) is 5.92 Å². The monoisotopic (exact) mass is 402 g/mol. The van der Waals surface area contributed by atoms with Gasteiger partial charge in [0.25, 0.3) is 5.56 Å². The van der Waals surface area contributed by atoms with E-state index in [4.69, 9.17) is 0 Å². The Bertz CT molecular complexity index is 1090. The first-order chi connectivity index (χ1) is 14.7. The van der Waals surface area contributed by atoms with Crippen molar-refractivity contribution in [3.05, 3.63) is 77.0 Å². The van der Waals surface area contributed by atoms with Crippen LogP contribution in [0.25, 0.3) is 11.1 Å². The summed E-state index contributed by atoms with van der Waals surface area (Å²) < 4.78 is 3.80. The fourth-order valence-electron chi connectivity index (χ4n) is 4.94. The number of benzene rings is 1. The quantitative estimate of drug-likeness (QED) is 0.659. The molecule has 154 valence electrons. The highest BCUT2D eigenvalue weighted by atomic mass is 16.2. The van der Waals surface area contributed by atoms with E-state index in [0.29, 0.717) is 25.4 Å². The van der Waals surface area contributed by atoms with Crippen LogP contribution in [0, 0.1) is 5.92 Å². The van der Waals surface area contributed by atoms with Crippen molar-refractivity contribution in [1.29, 1.82) is 0 Å². The minimum absolute atomic E-state index is 0.0695. The average molecular weight is 402 g/mol. The molecule has 4 heterocycles. The normalized spacial score (nSPS) is 20.1. The second-order valence-electron chi connectivity index (χ2n) is 8.45. The number of hydrogen-bond donors (Lipinski definition) is 0. The molecule has 2 aliphatic rings. The van der Waals surface area contributed by atoms with Gasteiger partial charge in [-0.3, -0.25) is 14.3 Å². The number of amides is 1. The fourth-order valence-corrected chi connectivity index (χ4v) is 4.94. The summed E-state index contributed by atoms with van der Waals surface area (Å²) in [6, 6.07) is 15.8. The smallest absolute Gasteiger partial charge is 0.251 e. The summed E-state index contributed by atoms with van der Waals surface area (Å²) in [7, 11) is 0. The predicted molar refractivity (Wildman–Crippen MR) is 115 cm³/mol. The van der Waals surface area contributed by atoms with E-state index in [1.54, 1.807) is 12.3 Å². The Morgan fingerprint density at radius 2 is 1.90 bits per heavy atom. The summed E-state index contributed by atoms with van der Waals surface area (Å²) in [4.78, 5) is 27.7. The maximum Gasteiger partial charge on any atom is 0.251 e. The fraction of sp³-hybridized carbons (Fsp3) is 0.375. The average Bonchev–Trinajstić information content (AvgIpc) is 3.28. The summed E-state index contributed by atoms with van der Waals surface area (Å²) >= 11 is 0. The summed E-state index contributed by atoms with van der Waals surface area (Å²) in [5.74, 6) is 0.794. The number of aromatic nitrogens is 3. The molecule has 5 rings (SSSR count). The Kier molecular flexibility index (Phi) is 4.99. The number of likely N-dealkylation sites (tertiary alicyclic amines) is 1. The number of nitrogens with zero attached hydrogens (tertiary/aromatic N) is 4. The van der Waals surface area contributed by atoms with Crippen molar-refractivity contribution < 1.29 is 4.79 Å². The van der Waals surface area contributed by atoms with E-state index in [0.717, 1.165) is 42.8 Å². The number of aryl methyl sites for hydroxylation is 1. The first-order valence-electron chi connectivity index (χ1n) is 10.7. The molecular formula is C24H26N4O2. The van der Waals surface area contributed by atoms with Gasteiger partial charge in [0, 0.05) is 62.7 Å². The van der Waals surface area contributed by atoms with E-state index in [1.165, 1.54) is 0 Å². The van der Waals surface area contributed by atoms with Crippen LogP contribution in [0.4, 0.5) is 0 Å². The van der Waals surface area contributed by atoms with Gasteiger partial charge in [0.2, 0.25) is 5.91 Å². The zero-order valence-corrected chi connectivity index (χ0v) is 17.0. The minimum atomic E-state index is 0.0695. The molecule has 2 atom stereocenters. The van der Waals surface area contributed by atoms with Gasteiger partial charge >= 0.3 is 0 Å². The van der Waals surface area contributed by atoms with E-state index in [2.05, 4.69) is 11.2 Å². The zero-order chi connectivity index (χ0) is 20.5. The highest BCUT2D eigenvalue weighted by Gasteiger charge is 2.36.